The molecule has 90 valence electrons. The third kappa shape index (κ3) is 3.46. The summed E-state index contributed by atoms with van der Waals surface area (Å²) in [5.74, 6) is 1.44. The highest BCUT2D eigenvalue weighted by atomic mass is 16.5. The minimum Gasteiger partial charge on any atom is -0.381 e. The van der Waals surface area contributed by atoms with E-state index < -0.39 is 0 Å². The molecule has 0 aromatic rings. The molecule has 0 bridgehead atoms. The Bertz CT molecular complexity index is 199. The molecule has 0 aromatic heterocycles. The van der Waals surface area contributed by atoms with Gasteiger partial charge in [-0.2, -0.15) is 0 Å². The topological polar surface area (TPSA) is 21.3 Å². The molecule has 1 aliphatic heterocycles. The maximum Gasteiger partial charge on any atom is 0.0591 e. The van der Waals surface area contributed by atoms with Crippen LogP contribution in [0.1, 0.15) is 47.5 Å². The van der Waals surface area contributed by atoms with Crippen LogP contribution < -0.4 is 5.32 Å². The molecule has 1 saturated heterocycles. The first-order valence-electron chi connectivity index (χ1n) is 6.16. The molecule has 0 spiro atoms. The Morgan fingerprint density at radius 3 is 2.33 bits per heavy atom. The quantitative estimate of drug-likeness (QED) is 0.723. The second-order valence-corrected chi connectivity index (χ2v) is 5.95. The van der Waals surface area contributed by atoms with Gasteiger partial charge in [0.2, 0.25) is 0 Å². The van der Waals surface area contributed by atoms with Crippen molar-refractivity contribution in [3.63, 3.8) is 0 Å². The van der Waals surface area contributed by atoms with Gasteiger partial charge in [0.05, 0.1) is 6.10 Å². The number of hydrogen-bond acceptors (Lipinski definition) is 2. The number of ether oxygens (including phenoxy) is 1. The average molecular weight is 213 g/mol. The first-order chi connectivity index (χ1) is 6.85. The third-order valence-corrected chi connectivity index (χ3v) is 4.01. The van der Waals surface area contributed by atoms with Crippen molar-refractivity contribution in [3.05, 3.63) is 0 Å². The summed E-state index contributed by atoms with van der Waals surface area (Å²) in [6, 6.07) is 0.591. The molecule has 1 heterocycles. The zero-order valence-electron chi connectivity index (χ0n) is 11.1. The predicted octanol–water partition coefficient (Wildman–Crippen LogP) is 2.82. The summed E-state index contributed by atoms with van der Waals surface area (Å²) in [4.78, 5) is 0. The Balaban J connectivity index is 2.75. The first-order valence-corrected chi connectivity index (χ1v) is 6.16. The molecule has 0 radical (unpaired) electrons. The van der Waals surface area contributed by atoms with E-state index in [-0.39, 0.29) is 5.54 Å². The summed E-state index contributed by atoms with van der Waals surface area (Å²) < 4.78 is 5.58. The van der Waals surface area contributed by atoms with Crippen molar-refractivity contribution in [3.8, 4) is 0 Å². The zero-order valence-corrected chi connectivity index (χ0v) is 11.1. The molecular formula is C13H27NO. The van der Waals surface area contributed by atoms with Crippen LogP contribution in [0.15, 0.2) is 0 Å². The second-order valence-electron chi connectivity index (χ2n) is 5.95. The first kappa shape index (κ1) is 13.0. The van der Waals surface area contributed by atoms with Gasteiger partial charge in [0, 0.05) is 18.7 Å². The minimum absolute atomic E-state index is 0.189. The van der Waals surface area contributed by atoms with Crippen molar-refractivity contribution in [1.29, 1.82) is 0 Å². The van der Waals surface area contributed by atoms with Gasteiger partial charge in [0.1, 0.15) is 0 Å². The molecule has 4 unspecified atom stereocenters. The van der Waals surface area contributed by atoms with E-state index in [4.69, 9.17) is 4.74 Å². The van der Waals surface area contributed by atoms with Crippen LogP contribution in [0.2, 0.25) is 0 Å². The monoisotopic (exact) mass is 213 g/mol. The van der Waals surface area contributed by atoms with Gasteiger partial charge in [-0.3, -0.25) is 0 Å². The lowest BCUT2D eigenvalue weighted by atomic mass is 9.79. The van der Waals surface area contributed by atoms with Crippen molar-refractivity contribution in [2.24, 2.45) is 11.8 Å². The van der Waals surface area contributed by atoms with Gasteiger partial charge >= 0.3 is 0 Å². The van der Waals surface area contributed by atoms with Gasteiger partial charge in [-0.1, -0.05) is 13.8 Å². The van der Waals surface area contributed by atoms with Crippen LogP contribution in [0.3, 0.4) is 0 Å². The average Bonchev–Trinajstić information content (AvgIpc) is 2.12. The van der Waals surface area contributed by atoms with E-state index in [0.29, 0.717) is 18.1 Å². The van der Waals surface area contributed by atoms with Crippen LogP contribution in [0.5, 0.6) is 0 Å². The normalized spacial score (nSPS) is 42.0. The van der Waals surface area contributed by atoms with Gasteiger partial charge < -0.3 is 10.1 Å². The maximum absolute atomic E-state index is 5.58. The highest BCUT2D eigenvalue weighted by Gasteiger charge is 2.32. The number of rotatable bonds is 1. The molecule has 1 fully saturated rings. The summed E-state index contributed by atoms with van der Waals surface area (Å²) in [5, 5.41) is 3.72. The van der Waals surface area contributed by atoms with Crippen molar-refractivity contribution >= 4 is 0 Å². The van der Waals surface area contributed by atoms with E-state index in [9.17, 15) is 0 Å². The molecule has 1 rings (SSSR count). The lowest BCUT2D eigenvalue weighted by molar-refractivity contribution is 0.0268. The van der Waals surface area contributed by atoms with Crippen LogP contribution >= 0.6 is 0 Å². The van der Waals surface area contributed by atoms with Crippen LogP contribution in [0, 0.1) is 11.8 Å². The summed E-state index contributed by atoms with van der Waals surface area (Å²) >= 11 is 0. The van der Waals surface area contributed by atoms with Crippen molar-refractivity contribution < 1.29 is 4.74 Å². The highest BCUT2D eigenvalue weighted by molar-refractivity contribution is 4.90. The lowest BCUT2D eigenvalue weighted by Crippen LogP contribution is -2.52. The van der Waals surface area contributed by atoms with Gasteiger partial charge in [-0.05, 0) is 45.4 Å². The van der Waals surface area contributed by atoms with Crippen molar-refractivity contribution in [1.82, 2.24) is 5.32 Å². The van der Waals surface area contributed by atoms with Crippen LogP contribution in [-0.2, 0) is 4.74 Å². The fraction of sp³-hybridized carbons (Fsp3) is 1.00. The van der Waals surface area contributed by atoms with E-state index in [0.717, 1.165) is 12.3 Å². The summed E-state index contributed by atoms with van der Waals surface area (Å²) in [6.07, 6.45) is 2.69. The fourth-order valence-corrected chi connectivity index (χ4v) is 2.76. The number of hydrogen-bond donors (Lipinski definition) is 1. The minimum atomic E-state index is 0.189. The Labute approximate surface area is 94.8 Å². The molecule has 2 heteroatoms. The van der Waals surface area contributed by atoms with E-state index >= 15 is 0 Å². The van der Waals surface area contributed by atoms with Gasteiger partial charge in [-0.15, -0.1) is 0 Å². The van der Waals surface area contributed by atoms with E-state index in [1.807, 2.05) is 7.11 Å². The largest absolute Gasteiger partial charge is 0.381 e. The standard InChI is InChI=1S/C13H27NO/c1-9-7-12(15-6)8-13(4,5)14-11(3)10(9)2/h9-12,14H,7-8H2,1-6H3. The van der Waals surface area contributed by atoms with E-state index in [1.54, 1.807) is 0 Å². The molecule has 0 aromatic carbocycles. The Morgan fingerprint density at radius 2 is 1.80 bits per heavy atom. The molecule has 0 aliphatic carbocycles. The van der Waals surface area contributed by atoms with Crippen LogP contribution in [0.25, 0.3) is 0 Å². The third-order valence-electron chi connectivity index (χ3n) is 4.01. The van der Waals surface area contributed by atoms with E-state index in [1.165, 1.54) is 6.42 Å². The number of methoxy groups -OCH3 is 1. The molecule has 0 saturated carbocycles. The molecule has 4 atom stereocenters. The highest BCUT2D eigenvalue weighted by Crippen LogP contribution is 2.29. The molecule has 0 amide bonds. The summed E-state index contributed by atoms with van der Waals surface area (Å²) in [6.45, 7) is 11.5. The second kappa shape index (κ2) is 4.84. The SMILES string of the molecule is COC1CC(C)C(C)C(C)NC(C)(C)C1. The molecule has 1 N–H and O–H groups in total. The summed E-state index contributed by atoms with van der Waals surface area (Å²) in [5.41, 5.74) is 0.189. The van der Waals surface area contributed by atoms with Crippen molar-refractivity contribution in [2.45, 2.75) is 65.1 Å². The Morgan fingerprint density at radius 1 is 1.20 bits per heavy atom. The molecule has 2 nitrogen and oxygen atoms in total. The Hall–Kier alpha value is -0.0800. The van der Waals surface area contributed by atoms with E-state index in [2.05, 4.69) is 39.9 Å². The van der Waals surface area contributed by atoms with Crippen LogP contribution in [0.4, 0.5) is 0 Å². The molecular weight excluding hydrogens is 186 g/mol. The van der Waals surface area contributed by atoms with Gasteiger partial charge in [0.25, 0.3) is 0 Å². The smallest absolute Gasteiger partial charge is 0.0591 e. The molecule has 15 heavy (non-hydrogen) atoms. The lowest BCUT2D eigenvalue weighted by Gasteiger charge is -2.41. The van der Waals surface area contributed by atoms with Gasteiger partial charge in [-0.25, -0.2) is 0 Å². The van der Waals surface area contributed by atoms with Crippen molar-refractivity contribution in [2.75, 3.05) is 7.11 Å². The Kier molecular flexibility index (Phi) is 4.19. The zero-order chi connectivity index (χ0) is 11.6. The summed E-state index contributed by atoms with van der Waals surface area (Å²) in [7, 11) is 1.84. The maximum atomic E-state index is 5.58. The fourth-order valence-electron chi connectivity index (χ4n) is 2.76. The number of nitrogens with one attached hydrogen (secondary N) is 1. The van der Waals surface area contributed by atoms with Crippen LogP contribution in [-0.4, -0.2) is 24.8 Å². The predicted molar refractivity (Wildman–Crippen MR) is 65.0 cm³/mol. The molecule has 1 aliphatic rings. The van der Waals surface area contributed by atoms with Gasteiger partial charge in [0.15, 0.2) is 0 Å².